The van der Waals surface area contributed by atoms with E-state index in [1.165, 1.54) is 0 Å². The Balaban J connectivity index is 1.53. The summed E-state index contributed by atoms with van der Waals surface area (Å²) >= 11 is 0. The molecule has 0 aliphatic carbocycles. The fourth-order valence-corrected chi connectivity index (χ4v) is 4.25. The zero-order valence-electron chi connectivity index (χ0n) is 17.0. The summed E-state index contributed by atoms with van der Waals surface area (Å²) in [6.45, 7) is 1.83. The number of nitrogens with zero attached hydrogens (tertiary/aromatic N) is 2. The van der Waals surface area contributed by atoms with E-state index in [9.17, 15) is 9.59 Å². The molecule has 2 aliphatic rings. The zero-order chi connectivity index (χ0) is 20.8. The van der Waals surface area contributed by atoms with Crippen molar-refractivity contribution in [2.24, 2.45) is 5.41 Å². The molecule has 2 amide bonds. The van der Waals surface area contributed by atoms with Crippen molar-refractivity contribution in [3.05, 3.63) is 72.1 Å². The molecule has 1 spiro atoms. The Kier molecular flexibility index (Phi) is 6.12. The molecule has 1 N–H and O–H groups in total. The van der Waals surface area contributed by atoms with Crippen molar-refractivity contribution in [2.75, 3.05) is 26.2 Å². The quantitative estimate of drug-likeness (QED) is 0.741. The number of aromatic nitrogens is 1. The van der Waals surface area contributed by atoms with Crippen LogP contribution in [0.5, 0.6) is 5.75 Å². The van der Waals surface area contributed by atoms with Gasteiger partial charge in [-0.05, 0) is 49.4 Å². The highest BCUT2D eigenvalue weighted by Gasteiger charge is 2.37. The number of piperidine rings is 1. The summed E-state index contributed by atoms with van der Waals surface area (Å²) in [7, 11) is 0. The van der Waals surface area contributed by atoms with Gasteiger partial charge in [0.05, 0.1) is 0 Å². The maximum absolute atomic E-state index is 12.9. The second-order valence-corrected chi connectivity index (χ2v) is 8.10. The highest BCUT2D eigenvalue weighted by Crippen LogP contribution is 2.34. The van der Waals surface area contributed by atoms with Crippen molar-refractivity contribution >= 4 is 11.8 Å². The minimum atomic E-state index is -0.187. The molecule has 1 atom stereocenters. The molecule has 6 nitrogen and oxygen atoms in total. The number of nitrogens with one attached hydrogen (secondary N) is 1. The van der Waals surface area contributed by atoms with E-state index in [0.29, 0.717) is 25.3 Å². The number of likely N-dealkylation sites (tertiary alicyclic amines) is 1. The van der Waals surface area contributed by atoms with E-state index in [1.807, 2.05) is 41.3 Å². The van der Waals surface area contributed by atoms with Crippen LogP contribution in [0.4, 0.5) is 0 Å². The lowest BCUT2D eigenvalue weighted by atomic mass is 9.76. The Hall–Kier alpha value is -3.15. The number of fused-ring (bicyclic) bond motifs is 1. The van der Waals surface area contributed by atoms with E-state index < -0.39 is 0 Å². The predicted molar refractivity (Wildman–Crippen MR) is 114 cm³/mol. The van der Waals surface area contributed by atoms with E-state index >= 15 is 0 Å². The van der Waals surface area contributed by atoms with Gasteiger partial charge in [-0.15, -0.1) is 0 Å². The van der Waals surface area contributed by atoms with Crippen LogP contribution in [-0.4, -0.2) is 47.9 Å². The van der Waals surface area contributed by atoms with Crippen LogP contribution in [0.25, 0.3) is 0 Å². The van der Waals surface area contributed by atoms with Crippen LogP contribution < -0.4 is 10.1 Å². The Morgan fingerprint density at radius 3 is 2.87 bits per heavy atom. The molecule has 0 saturated carbocycles. The third-order valence-corrected chi connectivity index (χ3v) is 5.88. The molecule has 0 bridgehead atoms. The Labute approximate surface area is 176 Å². The lowest BCUT2D eigenvalue weighted by Crippen LogP contribution is -2.51. The lowest BCUT2D eigenvalue weighted by Gasteiger charge is -2.42. The fraction of sp³-hybridized carbons (Fsp3) is 0.375. The standard InChI is InChI=1S/C24H27N3O3/c28-22-16-30-21-11-2-1-8-19(21)9-3-5-12-24(17-26-22)13-7-15-27(18-24)23(29)20-10-4-6-14-25-20/h1-6,8,10-11,14H,7,9,12-13,15-18H2,(H,26,28)/b5-3+. The van der Waals surface area contributed by atoms with Crippen molar-refractivity contribution in [2.45, 2.75) is 25.7 Å². The van der Waals surface area contributed by atoms with Gasteiger partial charge in [0.15, 0.2) is 6.61 Å². The van der Waals surface area contributed by atoms with Crippen LogP contribution >= 0.6 is 0 Å². The van der Waals surface area contributed by atoms with Gasteiger partial charge in [0.1, 0.15) is 11.4 Å². The van der Waals surface area contributed by atoms with E-state index in [2.05, 4.69) is 22.5 Å². The van der Waals surface area contributed by atoms with E-state index in [1.54, 1.807) is 12.3 Å². The van der Waals surface area contributed by atoms with Crippen molar-refractivity contribution in [1.29, 1.82) is 0 Å². The zero-order valence-corrected chi connectivity index (χ0v) is 17.0. The van der Waals surface area contributed by atoms with Crippen molar-refractivity contribution < 1.29 is 14.3 Å². The van der Waals surface area contributed by atoms with E-state index in [-0.39, 0.29) is 23.8 Å². The van der Waals surface area contributed by atoms with E-state index in [0.717, 1.165) is 37.0 Å². The van der Waals surface area contributed by atoms with Gasteiger partial charge in [0.25, 0.3) is 11.8 Å². The second-order valence-electron chi connectivity index (χ2n) is 8.10. The molecule has 1 unspecified atom stereocenters. The molecule has 1 saturated heterocycles. The number of amides is 2. The lowest BCUT2D eigenvalue weighted by molar-refractivity contribution is -0.123. The number of pyridine rings is 1. The number of carbonyl (C=O) groups excluding carboxylic acids is 2. The van der Waals surface area contributed by atoms with Gasteiger partial charge in [-0.3, -0.25) is 14.6 Å². The van der Waals surface area contributed by atoms with Crippen LogP contribution in [0, 0.1) is 5.41 Å². The first-order valence-corrected chi connectivity index (χ1v) is 10.5. The third-order valence-electron chi connectivity index (χ3n) is 5.88. The number of rotatable bonds is 1. The molecule has 1 aromatic carbocycles. The van der Waals surface area contributed by atoms with Gasteiger partial charge >= 0.3 is 0 Å². The van der Waals surface area contributed by atoms with Gasteiger partial charge in [-0.25, -0.2) is 0 Å². The minimum Gasteiger partial charge on any atom is -0.483 e. The van der Waals surface area contributed by atoms with Gasteiger partial charge < -0.3 is 15.0 Å². The van der Waals surface area contributed by atoms with Gasteiger partial charge in [-0.1, -0.05) is 36.4 Å². The summed E-state index contributed by atoms with van der Waals surface area (Å²) in [5, 5.41) is 3.04. The van der Waals surface area contributed by atoms with E-state index in [4.69, 9.17) is 4.74 Å². The van der Waals surface area contributed by atoms with Gasteiger partial charge in [-0.2, -0.15) is 0 Å². The van der Waals surface area contributed by atoms with Crippen molar-refractivity contribution in [1.82, 2.24) is 15.2 Å². The molecule has 156 valence electrons. The summed E-state index contributed by atoms with van der Waals surface area (Å²) in [6, 6.07) is 13.2. The normalized spacial score (nSPS) is 23.3. The Morgan fingerprint density at radius 1 is 1.13 bits per heavy atom. The van der Waals surface area contributed by atoms with Gasteiger partial charge in [0, 0.05) is 31.2 Å². The smallest absolute Gasteiger partial charge is 0.272 e. The fourth-order valence-electron chi connectivity index (χ4n) is 4.25. The number of allylic oxidation sites excluding steroid dienone is 2. The maximum Gasteiger partial charge on any atom is 0.272 e. The average Bonchev–Trinajstić information content (AvgIpc) is 2.79. The Morgan fingerprint density at radius 2 is 2.00 bits per heavy atom. The number of carbonyl (C=O) groups is 2. The highest BCUT2D eigenvalue weighted by atomic mass is 16.5. The summed E-state index contributed by atoms with van der Waals surface area (Å²) < 4.78 is 5.75. The first-order valence-electron chi connectivity index (χ1n) is 10.5. The largest absolute Gasteiger partial charge is 0.483 e. The van der Waals surface area contributed by atoms with Crippen LogP contribution in [0.3, 0.4) is 0 Å². The average molecular weight is 405 g/mol. The first-order chi connectivity index (χ1) is 14.7. The summed E-state index contributed by atoms with van der Waals surface area (Å²) in [5.74, 6) is 0.563. The molecule has 2 aromatic rings. The van der Waals surface area contributed by atoms with Crippen molar-refractivity contribution in [3.63, 3.8) is 0 Å². The predicted octanol–water partition coefficient (Wildman–Crippen LogP) is 3.00. The van der Waals surface area contributed by atoms with Crippen LogP contribution in [0.15, 0.2) is 60.8 Å². The Bertz CT molecular complexity index is 928. The number of hydrogen-bond donors (Lipinski definition) is 1. The number of benzene rings is 1. The molecule has 6 heteroatoms. The highest BCUT2D eigenvalue weighted by molar-refractivity contribution is 5.92. The molecule has 30 heavy (non-hydrogen) atoms. The molecule has 1 fully saturated rings. The molecule has 4 rings (SSSR count). The third kappa shape index (κ3) is 4.70. The van der Waals surface area contributed by atoms with Gasteiger partial charge in [0.2, 0.25) is 0 Å². The molecular weight excluding hydrogens is 378 g/mol. The first kappa shape index (κ1) is 20.1. The molecular formula is C24H27N3O3. The topological polar surface area (TPSA) is 71.5 Å². The van der Waals surface area contributed by atoms with Crippen LogP contribution in [0.2, 0.25) is 0 Å². The number of para-hydroxylation sites is 1. The molecule has 2 aliphatic heterocycles. The van der Waals surface area contributed by atoms with Crippen molar-refractivity contribution in [3.8, 4) is 5.75 Å². The molecule has 1 aromatic heterocycles. The van der Waals surface area contributed by atoms with Crippen LogP contribution in [-0.2, 0) is 11.2 Å². The number of hydrogen-bond acceptors (Lipinski definition) is 4. The molecule has 3 heterocycles. The van der Waals surface area contributed by atoms with Crippen LogP contribution in [0.1, 0.15) is 35.3 Å². The summed E-state index contributed by atoms with van der Waals surface area (Å²) in [6.07, 6.45) is 9.41. The minimum absolute atomic E-state index is 0.00656. The second kappa shape index (κ2) is 9.11. The summed E-state index contributed by atoms with van der Waals surface area (Å²) in [5.41, 5.74) is 1.34. The maximum atomic E-state index is 12.9. The monoisotopic (exact) mass is 405 g/mol. The molecule has 0 radical (unpaired) electrons. The number of ether oxygens (including phenoxy) is 1. The summed E-state index contributed by atoms with van der Waals surface area (Å²) in [4.78, 5) is 31.5. The SMILES string of the molecule is O=C1COc2ccccc2C/C=C/CC2(CCCN(C(=O)c3ccccn3)C2)CN1.